The lowest BCUT2D eigenvalue weighted by molar-refractivity contribution is 0.252. The highest BCUT2D eigenvalue weighted by Crippen LogP contribution is 2.37. The summed E-state index contributed by atoms with van der Waals surface area (Å²) in [5, 5.41) is 15.7. The number of fused-ring (bicyclic) bond motifs is 1. The van der Waals surface area contributed by atoms with Crippen LogP contribution in [0.15, 0.2) is 24.3 Å². The van der Waals surface area contributed by atoms with Crippen LogP contribution in [-0.2, 0) is 19.4 Å². The van der Waals surface area contributed by atoms with E-state index in [4.69, 9.17) is 4.74 Å². The summed E-state index contributed by atoms with van der Waals surface area (Å²) in [4.78, 5) is 13.4. The Balaban J connectivity index is 1.62. The lowest BCUT2D eigenvalue weighted by atomic mass is 9.96. The average Bonchev–Trinajstić information content (AvgIpc) is 2.97. The first-order chi connectivity index (χ1) is 11.7. The van der Waals surface area contributed by atoms with Crippen LogP contribution in [0.1, 0.15) is 34.4 Å². The van der Waals surface area contributed by atoms with Crippen LogP contribution in [0.3, 0.4) is 0 Å². The van der Waals surface area contributed by atoms with E-state index < -0.39 is 0 Å². The molecule has 2 aromatic rings. The van der Waals surface area contributed by atoms with Crippen molar-refractivity contribution >= 4 is 22.4 Å². The first-order valence-corrected chi connectivity index (χ1v) is 8.75. The Morgan fingerprint density at radius 1 is 1.29 bits per heavy atom. The molecule has 0 bridgehead atoms. The molecule has 0 aliphatic heterocycles. The molecule has 6 heteroatoms. The van der Waals surface area contributed by atoms with Crippen molar-refractivity contribution in [3.63, 3.8) is 0 Å². The molecule has 1 aromatic heterocycles. The molecule has 2 amide bonds. The topological polar surface area (TPSA) is 74.2 Å². The van der Waals surface area contributed by atoms with Gasteiger partial charge in [0.2, 0.25) is 0 Å². The molecule has 3 rings (SSSR count). The molecule has 0 spiro atoms. The van der Waals surface area contributed by atoms with Crippen LogP contribution >= 0.6 is 11.3 Å². The summed E-state index contributed by atoms with van der Waals surface area (Å²) in [6, 6.07) is 9.49. The lowest BCUT2D eigenvalue weighted by Crippen LogP contribution is -2.28. The van der Waals surface area contributed by atoms with Crippen LogP contribution in [0.4, 0.5) is 9.80 Å². The number of rotatable bonds is 4. The van der Waals surface area contributed by atoms with E-state index in [0.29, 0.717) is 17.1 Å². The minimum absolute atomic E-state index is 0.291. The predicted octanol–water partition coefficient (Wildman–Crippen LogP) is 3.83. The highest BCUT2D eigenvalue weighted by atomic mass is 32.1. The maximum atomic E-state index is 12.1. The number of urea groups is 1. The average molecular weight is 341 g/mol. The van der Waals surface area contributed by atoms with Gasteiger partial charge in [0.25, 0.3) is 0 Å². The second kappa shape index (κ2) is 7.37. The van der Waals surface area contributed by atoms with E-state index in [0.717, 1.165) is 42.6 Å². The number of carbonyl (C=O) groups is 1. The van der Waals surface area contributed by atoms with Gasteiger partial charge in [0, 0.05) is 11.4 Å². The molecule has 0 saturated carbocycles. The number of amides is 2. The van der Waals surface area contributed by atoms with Gasteiger partial charge in [-0.2, -0.15) is 5.26 Å². The number of anilines is 1. The number of thiophene rings is 1. The van der Waals surface area contributed by atoms with Gasteiger partial charge in [-0.25, -0.2) is 4.79 Å². The number of carbonyl (C=O) groups excluding carboxylic acids is 1. The second-order valence-electron chi connectivity index (χ2n) is 5.68. The monoisotopic (exact) mass is 341 g/mol. The molecule has 0 radical (unpaired) electrons. The Morgan fingerprint density at radius 3 is 2.75 bits per heavy atom. The quantitative estimate of drug-likeness (QED) is 0.887. The number of hydrogen-bond acceptors (Lipinski definition) is 4. The molecule has 5 nitrogen and oxygen atoms in total. The van der Waals surface area contributed by atoms with Crippen LogP contribution in [0.2, 0.25) is 0 Å². The number of aryl methyl sites for hydroxylation is 1. The van der Waals surface area contributed by atoms with Gasteiger partial charge in [-0.3, -0.25) is 5.32 Å². The van der Waals surface area contributed by atoms with E-state index in [1.54, 1.807) is 7.11 Å². The first kappa shape index (κ1) is 16.3. The maximum absolute atomic E-state index is 12.1. The van der Waals surface area contributed by atoms with Gasteiger partial charge in [0.1, 0.15) is 16.8 Å². The van der Waals surface area contributed by atoms with Gasteiger partial charge in [0.05, 0.1) is 12.7 Å². The van der Waals surface area contributed by atoms with Crippen LogP contribution < -0.4 is 15.4 Å². The van der Waals surface area contributed by atoms with Crippen LogP contribution in [0.25, 0.3) is 0 Å². The third-order valence-electron chi connectivity index (χ3n) is 4.12. The summed E-state index contributed by atoms with van der Waals surface area (Å²) in [5.41, 5.74) is 2.74. The molecule has 0 atom stereocenters. The smallest absolute Gasteiger partial charge is 0.320 e. The van der Waals surface area contributed by atoms with Crippen molar-refractivity contribution in [1.82, 2.24) is 5.32 Å². The fourth-order valence-corrected chi connectivity index (χ4v) is 4.08. The van der Waals surface area contributed by atoms with E-state index in [9.17, 15) is 10.1 Å². The zero-order valence-corrected chi connectivity index (χ0v) is 14.3. The van der Waals surface area contributed by atoms with Gasteiger partial charge in [-0.1, -0.05) is 12.1 Å². The first-order valence-electron chi connectivity index (χ1n) is 7.93. The van der Waals surface area contributed by atoms with E-state index in [1.807, 2.05) is 24.3 Å². The van der Waals surface area contributed by atoms with Crippen molar-refractivity contribution < 1.29 is 9.53 Å². The lowest BCUT2D eigenvalue weighted by Gasteiger charge is -2.09. The number of methoxy groups -OCH3 is 1. The molecule has 0 saturated heterocycles. The zero-order valence-electron chi connectivity index (χ0n) is 13.5. The Kier molecular flexibility index (Phi) is 5.02. The zero-order chi connectivity index (χ0) is 16.9. The van der Waals surface area contributed by atoms with Crippen molar-refractivity contribution in [2.45, 2.75) is 32.2 Å². The van der Waals surface area contributed by atoms with E-state index in [2.05, 4.69) is 16.7 Å². The third kappa shape index (κ3) is 3.52. The number of nitrogens with one attached hydrogen (secondary N) is 2. The summed E-state index contributed by atoms with van der Waals surface area (Å²) < 4.78 is 5.11. The SMILES string of the molecule is COc1ccc(CNC(=O)Nc2sc3c(c2C#N)CCCC3)cc1. The molecule has 0 fully saturated rings. The molecular formula is C18H19N3O2S. The molecule has 0 unspecified atom stereocenters. The van der Waals surface area contributed by atoms with Crippen LogP contribution in [0.5, 0.6) is 5.75 Å². The van der Waals surface area contributed by atoms with Crippen molar-refractivity contribution in [2.75, 3.05) is 12.4 Å². The number of ether oxygens (including phenoxy) is 1. The Labute approximate surface area is 145 Å². The van der Waals surface area contributed by atoms with E-state index in [1.165, 1.54) is 16.2 Å². The normalized spacial score (nSPS) is 12.8. The van der Waals surface area contributed by atoms with Crippen molar-refractivity contribution in [2.24, 2.45) is 0 Å². The summed E-state index contributed by atoms with van der Waals surface area (Å²) >= 11 is 1.53. The molecule has 1 aliphatic rings. The minimum atomic E-state index is -0.291. The molecule has 24 heavy (non-hydrogen) atoms. The second-order valence-corrected chi connectivity index (χ2v) is 6.79. The van der Waals surface area contributed by atoms with Crippen LogP contribution in [0, 0.1) is 11.3 Å². The Hall–Kier alpha value is -2.52. The van der Waals surface area contributed by atoms with Crippen molar-refractivity contribution in [3.05, 3.63) is 45.8 Å². The van der Waals surface area contributed by atoms with Crippen molar-refractivity contribution in [1.29, 1.82) is 5.26 Å². The van der Waals surface area contributed by atoms with Gasteiger partial charge < -0.3 is 10.1 Å². The van der Waals surface area contributed by atoms with E-state index >= 15 is 0 Å². The molecule has 1 aliphatic carbocycles. The van der Waals surface area contributed by atoms with Gasteiger partial charge in [-0.15, -0.1) is 11.3 Å². The minimum Gasteiger partial charge on any atom is -0.497 e. The maximum Gasteiger partial charge on any atom is 0.320 e. The Morgan fingerprint density at radius 2 is 2.04 bits per heavy atom. The number of nitriles is 1. The fourth-order valence-electron chi connectivity index (χ4n) is 2.85. The largest absolute Gasteiger partial charge is 0.497 e. The highest BCUT2D eigenvalue weighted by molar-refractivity contribution is 7.16. The summed E-state index contributed by atoms with van der Waals surface area (Å²) in [7, 11) is 1.62. The molecule has 2 N–H and O–H groups in total. The van der Waals surface area contributed by atoms with Crippen LogP contribution in [-0.4, -0.2) is 13.1 Å². The van der Waals surface area contributed by atoms with Gasteiger partial charge in [-0.05, 0) is 48.9 Å². The van der Waals surface area contributed by atoms with E-state index in [-0.39, 0.29) is 6.03 Å². The Bertz CT molecular complexity index is 775. The molecule has 1 heterocycles. The fraction of sp³-hybridized carbons (Fsp3) is 0.333. The summed E-state index contributed by atoms with van der Waals surface area (Å²) in [5.74, 6) is 0.783. The van der Waals surface area contributed by atoms with Gasteiger partial charge in [0.15, 0.2) is 0 Å². The summed E-state index contributed by atoms with van der Waals surface area (Å²) in [6.07, 6.45) is 4.21. The standard InChI is InChI=1S/C18H19N3O2S/c1-23-13-8-6-12(7-9-13)11-20-18(22)21-17-15(10-19)14-4-2-3-5-16(14)24-17/h6-9H,2-5,11H2,1H3,(H2,20,21,22). The molecule has 124 valence electrons. The number of benzene rings is 1. The predicted molar refractivity (Wildman–Crippen MR) is 94.5 cm³/mol. The molecule has 1 aromatic carbocycles. The highest BCUT2D eigenvalue weighted by Gasteiger charge is 2.21. The van der Waals surface area contributed by atoms with Gasteiger partial charge >= 0.3 is 6.03 Å². The third-order valence-corrected chi connectivity index (χ3v) is 5.33. The number of nitrogens with zero attached hydrogens (tertiary/aromatic N) is 1. The summed E-state index contributed by atoms with van der Waals surface area (Å²) in [6.45, 7) is 0.419. The molecular weight excluding hydrogens is 322 g/mol. The number of hydrogen-bond donors (Lipinski definition) is 2. The van der Waals surface area contributed by atoms with Crippen molar-refractivity contribution in [3.8, 4) is 11.8 Å².